The second kappa shape index (κ2) is 10.2. The number of benzene rings is 1. The first kappa shape index (κ1) is 21.1. The summed E-state index contributed by atoms with van der Waals surface area (Å²) >= 11 is 0. The van der Waals surface area contributed by atoms with Gasteiger partial charge in [0.1, 0.15) is 0 Å². The molecular weight excluding hydrogens is 342 g/mol. The monoisotopic (exact) mass is 365 g/mol. The van der Waals surface area contributed by atoms with Crippen molar-refractivity contribution in [2.45, 2.75) is 27.2 Å². The summed E-state index contributed by atoms with van der Waals surface area (Å²) in [6, 6.07) is 8.41. The number of ether oxygens (including phenoxy) is 3. The van der Waals surface area contributed by atoms with Gasteiger partial charge in [-0.15, -0.1) is 0 Å². The summed E-state index contributed by atoms with van der Waals surface area (Å²) in [5.74, 6) is -4.27. The number of carbonyl (C=O) groups excluding carboxylic acids is 4. The van der Waals surface area contributed by atoms with Crippen LogP contribution in [-0.2, 0) is 33.4 Å². The lowest BCUT2D eigenvalue weighted by Crippen LogP contribution is -2.51. The topological polar surface area (TPSA) is 108 Å². The van der Waals surface area contributed by atoms with Gasteiger partial charge in [-0.05, 0) is 32.9 Å². The van der Waals surface area contributed by atoms with Gasteiger partial charge in [-0.25, -0.2) is 0 Å². The average molecular weight is 365 g/mol. The van der Waals surface area contributed by atoms with Crippen LogP contribution in [0.15, 0.2) is 30.3 Å². The molecule has 142 valence electrons. The van der Waals surface area contributed by atoms with Crippen molar-refractivity contribution in [3.63, 3.8) is 0 Å². The molecule has 0 spiro atoms. The van der Waals surface area contributed by atoms with Gasteiger partial charge in [0.15, 0.2) is 0 Å². The molecule has 0 fully saturated rings. The third-order valence-electron chi connectivity index (χ3n) is 3.35. The first-order valence-corrected chi connectivity index (χ1v) is 8.28. The van der Waals surface area contributed by atoms with E-state index in [1.54, 1.807) is 30.3 Å². The number of hydrogen-bond acceptors (Lipinski definition) is 7. The first-order chi connectivity index (χ1) is 12.4. The maximum atomic E-state index is 12.5. The van der Waals surface area contributed by atoms with Gasteiger partial charge >= 0.3 is 17.9 Å². The number of nitrogens with one attached hydrogen (secondary N) is 1. The molecule has 26 heavy (non-hydrogen) atoms. The van der Waals surface area contributed by atoms with Crippen molar-refractivity contribution in [3.8, 4) is 0 Å². The Morgan fingerprint density at radius 1 is 0.808 bits per heavy atom. The predicted octanol–water partition coefficient (Wildman–Crippen LogP) is 1.69. The lowest BCUT2D eigenvalue weighted by molar-refractivity contribution is -0.185. The number of para-hydroxylation sites is 1. The van der Waals surface area contributed by atoms with Crippen LogP contribution in [0.4, 0.5) is 5.69 Å². The zero-order valence-corrected chi connectivity index (χ0v) is 15.1. The number of anilines is 1. The summed E-state index contributed by atoms with van der Waals surface area (Å²) in [6.07, 6.45) is -0.793. The second-order valence-electron chi connectivity index (χ2n) is 5.16. The summed E-state index contributed by atoms with van der Waals surface area (Å²) < 4.78 is 14.6. The van der Waals surface area contributed by atoms with E-state index in [4.69, 9.17) is 14.2 Å². The Bertz CT molecular complexity index is 597. The summed E-state index contributed by atoms with van der Waals surface area (Å²) in [5, 5.41) is 2.53. The third-order valence-corrected chi connectivity index (χ3v) is 3.35. The number of rotatable bonds is 9. The number of esters is 3. The van der Waals surface area contributed by atoms with E-state index in [9.17, 15) is 19.2 Å². The Morgan fingerprint density at radius 2 is 1.23 bits per heavy atom. The van der Waals surface area contributed by atoms with Gasteiger partial charge in [0.2, 0.25) is 5.91 Å². The van der Waals surface area contributed by atoms with Gasteiger partial charge in [-0.2, -0.15) is 0 Å². The van der Waals surface area contributed by atoms with Crippen molar-refractivity contribution in [2.24, 2.45) is 5.41 Å². The molecule has 8 heteroatoms. The molecule has 0 aliphatic rings. The molecule has 0 saturated heterocycles. The molecule has 1 aromatic carbocycles. The van der Waals surface area contributed by atoms with Crippen LogP contribution in [0.2, 0.25) is 0 Å². The average Bonchev–Trinajstić information content (AvgIpc) is 2.61. The second-order valence-corrected chi connectivity index (χ2v) is 5.16. The Hall–Kier alpha value is -2.90. The van der Waals surface area contributed by atoms with E-state index in [0.29, 0.717) is 5.69 Å². The number of carbonyl (C=O) groups is 4. The van der Waals surface area contributed by atoms with Gasteiger partial charge in [0.25, 0.3) is 5.41 Å². The molecule has 0 bridgehead atoms. The van der Waals surface area contributed by atoms with Crippen LogP contribution in [0.1, 0.15) is 27.2 Å². The molecule has 0 radical (unpaired) electrons. The van der Waals surface area contributed by atoms with Crippen molar-refractivity contribution in [2.75, 3.05) is 25.1 Å². The SMILES string of the molecule is CCOC(=O)C(CC(=O)Nc1ccccc1)(C(=O)OCC)C(=O)OCC. The van der Waals surface area contributed by atoms with E-state index in [1.807, 2.05) is 0 Å². The Morgan fingerprint density at radius 3 is 1.62 bits per heavy atom. The maximum absolute atomic E-state index is 12.5. The quantitative estimate of drug-likeness (QED) is 0.403. The minimum atomic E-state index is -2.51. The normalized spacial score (nSPS) is 10.6. The van der Waals surface area contributed by atoms with Crippen LogP contribution in [0.3, 0.4) is 0 Å². The van der Waals surface area contributed by atoms with E-state index in [2.05, 4.69) is 5.32 Å². The largest absolute Gasteiger partial charge is 0.465 e. The highest BCUT2D eigenvalue weighted by molar-refractivity contribution is 6.20. The van der Waals surface area contributed by atoms with E-state index in [0.717, 1.165) is 0 Å². The number of amides is 1. The molecule has 0 aliphatic heterocycles. The Balaban J connectivity index is 3.21. The Labute approximate surface area is 151 Å². The highest BCUT2D eigenvalue weighted by atomic mass is 16.6. The molecule has 0 atom stereocenters. The molecule has 0 aliphatic carbocycles. The molecule has 8 nitrogen and oxygen atoms in total. The van der Waals surface area contributed by atoms with Crippen LogP contribution in [0, 0.1) is 5.41 Å². The van der Waals surface area contributed by atoms with Crippen LogP contribution in [-0.4, -0.2) is 43.6 Å². The summed E-state index contributed by atoms with van der Waals surface area (Å²) in [7, 11) is 0. The fraction of sp³-hybridized carbons (Fsp3) is 0.444. The van der Waals surface area contributed by atoms with Crippen molar-refractivity contribution in [3.05, 3.63) is 30.3 Å². The highest BCUT2D eigenvalue weighted by Gasteiger charge is 2.58. The lowest BCUT2D eigenvalue weighted by atomic mass is 9.83. The maximum Gasteiger partial charge on any atom is 0.335 e. The van der Waals surface area contributed by atoms with E-state index in [-0.39, 0.29) is 19.8 Å². The lowest BCUT2D eigenvalue weighted by Gasteiger charge is -2.26. The van der Waals surface area contributed by atoms with E-state index < -0.39 is 35.7 Å². The molecule has 1 N–H and O–H groups in total. The standard InChI is InChI=1S/C18H23NO7/c1-4-24-15(21)18(16(22)25-5-2,17(23)26-6-3)12-14(20)19-13-10-8-7-9-11-13/h7-11H,4-6,12H2,1-3H3,(H,19,20). The van der Waals surface area contributed by atoms with Crippen molar-refractivity contribution >= 4 is 29.5 Å². The Kier molecular flexibility index (Phi) is 8.27. The van der Waals surface area contributed by atoms with Crippen molar-refractivity contribution in [1.29, 1.82) is 0 Å². The van der Waals surface area contributed by atoms with Gasteiger partial charge in [-0.3, -0.25) is 19.2 Å². The van der Waals surface area contributed by atoms with Crippen molar-refractivity contribution < 1.29 is 33.4 Å². The van der Waals surface area contributed by atoms with Crippen LogP contribution < -0.4 is 5.32 Å². The van der Waals surface area contributed by atoms with E-state index in [1.165, 1.54) is 20.8 Å². The molecule has 0 heterocycles. The molecule has 1 aromatic rings. The number of hydrogen-bond donors (Lipinski definition) is 1. The summed E-state index contributed by atoms with van der Waals surface area (Å²) in [6.45, 7) is 4.30. The first-order valence-electron chi connectivity index (χ1n) is 8.28. The highest BCUT2D eigenvalue weighted by Crippen LogP contribution is 2.29. The molecule has 1 rings (SSSR count). The minimum Gasteiger partial charge on any atom is -0.465 e. The van der Waals surface area contributed by atoms with Crippen molar-refractivity contribution in [1.82, 2.24) is 0 Å². The smallest absolute Gasteiger partial charge is 0.335 e. The molecule has 0 aromatic heterocycles. The van der Waals surface area contributed by atoms with E-state index >= 15 is 0 Å². The summed E-state index contributed by atoms with van der Waals surface area (Å²) in [5.41, 5.74) is -2.07. The van der Waals surface area contributed by atoms with Gasteiger partial charge in [0, 0.05) is 5.69 Å². The zero-order valence-electron chi connectivity index (χ0n) is 15.1. The molecule has 0 unspecified atom stereocenters. The van der Waals surface area contributed by atoms with Gasteiger partial charge in [-0.1, -0.05) is 18.2 Å². The minimum absolute atomic E-state index is 0.0836. The van der Waals surface area contributed by atoms with Crippen LogP contribution in [0.25, 0.3) is 0 Å². The molecule has 1 amide bonds. The van der Waals surface area contributed by atoms with Crippen LogP contribution in [0.5, 0.6) is 0 Å². The van der Waals surface area contributed by atoms with Gasteiger partial charge in [0.05, 0.1) is 26.2 Å². The zero-order chi connectivity index (χ0) is 19.6. The van der Waals surface area contributed by atoms with Gasteiger partial charge < -0.3 is 19.5 Å². The fourth-order valence-corrected chi connectivity index (χ4v) is 2.20. The predicted molar refractivity (Wildman–Crippen MR) is 92.0 cm³/mol. The molecular formula is C18H23NO7. The summed E-state index contributed by atoms with van der Waals surface area (Å²) in [4.78, 5) is 49.9. The van der Waals surface area contributed by atoms with Crippen LogP contribution >= 0.6 is 0 Å². The third kappa shape index (κ3) is 5.05. The molecule has 0 saturated carbocycles. The fourth-order valence-electron chi connectivity index (χ4n) is 2.20.